The molecule has 1 heterocycles. The second-order valence-electron chi connectivity index (χ2n) is 6.22. The quantitative estimate of drug-likeness (QED) is 0.763. The van der Waals surface area contributed by atoms with Crippen LogP contribution in [0.2, 0.25) is 0 Å². The first-order chi connectivity index (χ1) is 13.1. The van der Waals surface area contributed by atoms with Gasteiger partial charge in [0.2, 0.25) is 0 Å². The van der Waals surface area contributed by atoms with E-state index in [9.17, 15) is 14.0 Å². The number of carbonyl (C=O) groups is 2. The van der Waals surface area contributed by atoms with E-state index in [0.29, 0.717) is 49.7 Å². The van der Waals surface area contributed by atoms with Crippen LogP contribution >= 0.6 is 0 Å². The maximum absolute atomic E-state index is 13.3. The number of benzene rings is 2. The van der Waals surface area contributed by atoms with Crippen LogP contribution in [0.1, 0.15) is 20.7 Å². The van der Waals surface area contributed by atoms with E-state index in [1.165, 1.54) is 18.2 Å². The number of halogens is 1. The first-order valence-electron chi connectivity index (χ1n) is 8.76. The summed E-state index contributed by atoms with van der Waals surface area (Å²) in [6.45, 7) is 5.72. The molecular weight excluding hydrogens is 347 g/mol. The minimum Gasteiger partial charge on any atom is -0.490 e. The summed E-state index contributed by atoms with van der Waals surface area (Å²) in [7, 11) is 0. The fourth-order valence-electron chi connectivity index (χ4n) is 2.95. The molecule has 0 saturated carbocycles. The van der Waals surface area contributed by atoms with Crippen LogP contribution in [0.3, 0.4) is 0 Å². The molecule has 6 heteroatoms. The highest BCUT2D eigenvalue weighted by Crippen LogP contribution is 2.16. The maximum Gasteiger partial charge on any atom is 0.254 e. The lowest BCUT2D eigenvalue weighted by Gasteiger charge is -2.35. The number of piperazine rings is 1. The standard InChI is InChI=1S/C21H21FN2O3/c1-2-14-27-19-8-6-16(7-9-19)20(25)23-10-12-24(13-11-23)21(26)17-4-3-5-18(22)15-17/h2-9,15H,1,10-14H2. The van der Waals surface area contributed by atoms with Crippen molar-refractivity contribution in [1.29, 1.82) is 0 Å². The van der Waals surface area contributed by atoms with E-state index in [1.807, 2.05) is 0 Å². The average Bonchev–Trinajstić information content (AvgIpc) is 2.71. The average molecular weight is 368 g/mol. The largest absolute Gasteiger partial charge is 0.490 e. The summed E-state index contributed by atoms with van der Waals surface area (Å²) >= 11 is 0. The molecule has 0 radical (unpaired) electrons. The van der Waals surface area contributed by atoms with Crippen LogP contribution < -0.4 is 4.74 Å². The van der Waals surface area contributed by atoms with Gasteiger partial charge in [-0.1, -0.05) is 18.7 Å². The fraction of sp³-hybridized carbons (Fsp3) is 0.238. The normalized spacial score (nSPS) is 14.0. The van der Waals surface area contributed by atoms with Gasteiger partial charge in [0.05, 0.1) is 0 Å². The molecule has 2 aromatic rings. The minimum atomic E-state index is -0.435. The van der Waals surface area contributed by atoms with Crippen LogP contribution in [-0.2, 0) is 0 Å². The Balaban J connectivity index is 1.57. The zero-order valence-corrected chi connectivity index (χ0v) is 14.9. The third-order valence-electron chi connectivity index (χ3n) is 4.39. The van der Waals surface area contributed by atoms with Gasteiger partial charge in [-0.25, -0.2) is 4.39 Å². The van der Waals surface area contributed by atoms with Crippen molar-refractivity contribution in [1.82, 2.24) is 9.80 Å². The summed E-state index contributed by atoms with van der Waals surface area (Å²) in [6, 6.07) is 12.6. The number of rotatable bonds is 5. The third kappa shape index (κ3) is 4.53. The van der Waals surface area contributed by atoms with Crippen molar-refractivity contribution >= 4 is 11.8 Å². The van der Waals surface area contributed by atoms with Crippen molar-refractivity contribution in [3.63, 3.8) is 0 Å². The van der Waals surface area contributed by atoms with E-state index in [-0.39, 0.29) is 11.8 Å². The minimum absolute atomic E-state index is 0.0804. The van der Waals surface area contributed by atoms with Crippen LogP contribution in [0.15, 0.2) is 61.2 Å². The highest BCUT2D eigenvalue weighted by Gasteiger charge is 2.25. The van der Waals surface area contributed by atoms with Gasteiger partial charge in [-0.3, -0.25) is 9.59 Å². The van der Waals surface area contributed by atoms with E-state index in [2.05, 4.69) is 6.58 Å². The van der Waals surface area contributed by atoms with Gasteiger partial charge in [-0.05, 0) is 42.5 Å². The van der Waals surface area contributed by atoms with E-state index < -0.39 is 5.82 Å². The van der Waals surface area contributed by atoms with Gasteiger partial charge < -0.3 is 14.5 Å². The second kappa shape index (κ2) is 8.49. The number of hydrogen-bond donors (Lipinski definition) is 0. The van der Waals surface area contributed by atoms with Crippen molar-refractivity contribution in [2.45, 2.75) is 0 Å². The molecule has 1 fully saturated rings. The highest BCUT2D eigenvalue weighted by molar-refractivity contribution is 5.96. The first kappa shape index (κ1) is 18.6. The zero-order valence-electron chi connectivity index (χ0n) is 14.9. The molecule has 0 bridgehead atoms. The molecule has 0 aromatic heterocycles. The van der Waals surface area contributed by atoms with E-state index in [1.54, 1.807) is 46.2 Å². The summed E-state index contributed by atoms with van der Waals surface area (Å²) in [5.74, 6) is -0.0550. The Labute approximate surface area is 157 Å². The lowest BCUT2D eigenvalue weighted by Crippen LogP contribution is -2.50. The molecule has 3 rings (SSSR count). The van der Waals surface area contributed by atoms with Crippen molar-refractivity contribution in [3.8, 4) is 5.75 Å². The summed E-state index contributed by atoms with van der Waals surface area (Å²) in [5, 5.41) is 0. The molecular formula is C21H21FN2O3. The SMILES string of the molecule is C=CCOc1ccc(C(=O)N2CCN(C(=O)c3cccc(F)c3)CC2)cc1. The highest BCUT2D eigenvalue weighted by atomic mass is 19.1. The van der Waals surface area contributed by atoms with Gasteiger partial charge in [0.25, 0.3) is 11.8 Å². The van der Waals surface area contributed by atoms with Crippen molar-refractivity contribution < 1.29 is 18.7 Å². The Morgan fingerprint density at radius 1 is 0.963 bits per heavy atom. The summed E-state index contributed by atoms with van der Waals surface area (Å²) < 4.78 is 18.7. The molecule has 0 aliphatic carbocycles. The molecule has 0 atom stereocenters. The van der Waals surface area contributed by atoms with E-state index >= 15 is 0 Å². The molecule has 2 aromatic carbocycles. The molecule has 0 unspecified atom stereocenters. The fourth-order valence-corrected chi connectivity index (χ4v) is 2.95. The molecule has 1 aliphatic heterocycles. The molecule has 1 saturated heterocycles. The van der Waals surface area contributed by atoms with Crippen LogP contribution in [0.25, 0.3) is 0 Å². The topological polar surface area (TPSA) is 49.9 Å². The number of amides is 2. The first-order valence-corrected chi connectivity index (χ1v) is 8.76. The Morgan fingerprint density at radius 2 is 1.56 bits per heavy atom. The number of carbonyl (C=O) groups excluding carboxylic acids is 2. The van der Waals surface area contributed by atoms with Gasteiger partial charge in [-0.2, -0.15) is 0 Å². The van der Waals surface area contributed by atoms with Crippen molar-refractivity contribution in [2.75, 3.05) is 32.8 Å². The molecule has 0 spiro atoms. The third-order valence-corrected chi connectivity index (χ3v) is 4.39. The predicted octanol–water partition coefficient (Wildman–Crippen LogP) is 2.99. The van der Waals surface area contributed by atoms with Gasteiger partial charge >= 0.3 is 0 Å². The zero-order chi connectivity index (χ0) is 19.2. The number of nitrogens with zero attached hydrogens (tertiary/aromatic N) is 2. The Hall–Kier alpha value is -3.15. The number of hydrogen-bond acceptors (Lipinski definition) is 3. The lowest BCUT2D eigenvalue weighted by atomic mass is 10.1. The van der Waals surface area contributed by atoms with Crippen molar-refractivity contribution in [3.05, 3.63) is 78.1 Å². The Bertz CT molecular complexity index is 828. The van der Waals surface area contributed by atoms with Crippen LogP contribution in [-0.4, -0.2) is 54.4 Å². The molecule has 2 amide bonds. The molecule has 140 valence electrons. The maximum atomic E-state index is 13.3. The number of ether oxygens (including phenoxy) is 1. The van der Waals surface area contributed by atoms with Gasteiger partial charge in [0.1, 0.15) is 18.2 Å². The van der Waals surface area contributed by atoms with Crippen molar-refractivity contribution in [2.24, 2.45) is 0 Å². The summed E-state index contributed by atoms with van der Waals surface area (Å²) in [6.07, 6.45) is 1.66. The van der Waals surface area contributed by atoms with Crippen LogP contribution in [0.4, 0.5) is 4.39 Å². The predicted molar refractivity (Wildman–Crippen MR) is 100 cm³/mol. The van der Waals surface area contributed by atoms with Gasteiger partial charge in [-0.15, -0.1) is 0 Å². The lowest BCUT2D eigenvalue weighted by molar-refractivity contribution is 0.0535. The van der Waals surface area contributed by atoms with E-state index in [0.717, 1.165) is 0 Å². The second-order valence-corrected chi connectivity index (χ2v) is 6.22. The Kier molecular flexibility index (Phi) is 5.86. The molecule has 5 nitrogen and oxygen atoms in total. The van der Waals surface area contributed by atoms with Crippen LogP contribution in [0.5, 0.6) is 5.75 Å². The van der Waals surface area contributed by atoms with E-state index in [4.69, 9.17) is 4.74 Å². The van der Waals surface area contributed by atoms with Gasteiger partial charge in [0.15, 0.2) is 0 Å². The smallest absolute Gasteiger partial charge is 0.254 e. The summed E-state index contributed by atoms with van der Waals surface area (Å²) in [4.78, 5) is 28.5. The van der Waals surface area contributed by atoms with Gasteiger partial charge in [0, 0.05) is 37.3 Å². The molecule has 27 heavy (non-hydrogen) atoms. The summed E-state index contributed by atoms with van der Waals surface area (Å²) in [5.41, 5.74) is 0.899. The van der Waals surface area contributed by atoms with Crippen LogP contribution in [0, 0.1) is 5.82 Å². The molecule has 0 N–H and O–H groups in total. The monoisotopic (exact) mass is 368 g/mol. The molecule has 1 aliphatic rings. The Morgan fingerprint density at radius 3 is 2.11 bits per heavy atom.